The zero-order chi connectivity index (χ0) is 18.5. The minimum Gasteiger partial charge on any atom is -0.317 e. The average Bonchev–Trinajstić information content (AvgIpc) is 3.07. The standard InChI is InChI=1S/C19H24N4OS2/c1-13-21-11-14(25-13)12-23(2)9-8-18(24)22-19-16(10-20)15-6-4-3-5-7-17(15)26-19/h11H,3-9,12H2,1-2H3,(H,22,24). The number of carbonyl (C=O) groups is 1. The van der Waals surface area contributed by atoms with E-state index in [-0.39, 0.29) is 5.91 Å². The maximum absolute atomic E-state index is 12.4. The Labute approximate surface area is 162 Å². The van der Waals surface area contributed by atoms with Crippen molar-refractivity contribution in [2.45, 2.75) is 52.0 Å². The van der Waals surface area contributed by atoms with E-state index < -0.39 is 0 Å². The van der Waals surface area contributed by atoms with Crippen LogP contribution in [-0.4, -0.2) is 29.4 Å². The summed E-state index contributed by atoms with van der Waals surface area (Å²) < 4.78 is 0. The number of aryl methyl sites for hydroxylation is 2. The number of amides is 1. The molecule has 1 N–H and O–H groups in total. The number of thiophene rings is 1. The van der Waals surface area contributed by atoms with Crippen LogP contribution in [-0.2, 0) is 24.2 Å². The topological polar surface area (TPSA) is 69.0 Å². The van der Waals surface area contributed by atoms with Gasteiger partial charge in [0.25, 0.3) is 0 Å². The molecule has 2 heterocycles. The molecule has 0 bridgehead atoms. The van der Waals surface area contributed by atoms with E-state index in [9.17, 15) is 10.1 Å². The molecule has 1 aliphatic carbocycles. The number of rotatable bonds is 6. The van der Waals surface area contributed by atoms with Crippen molar-refractivity contribution in [3.05, 3.63) is 32.1 Å². The highest BCUT2D eigenvalue weighted by Crippen LogP contribution is 2.37. The average molecular weight is 389 g/mol. The van der Waals surface area contributed by atoms with E-state index in [4.69, 9.17) is 0 Å². The summed E-state index contributed by atoms with van der Waals surface area (Å²) in [6, 6.07) is 2.32. The molecule has 5 nitrogen and oxygen atoms in total. The van der Waals surface area contributed by atoms with Crippen LogP contribution in [0.25, 0.3) is 0 Å². The highest BCUT2D eigenvalue weighted by atomic mass is 32.1. The molecule has 0 fully saturated rings. The third-order valence-corrected chi connectivity index (χ3v) is 6.71. The third-order valence-electron chi connectivity index (χ3n) is 4.60. The van der Waals surface area contributed by atoms with Crippen molar-refractivity contribution in [3.8, 4) is 6.07 Å². The molecule has 0 atom stereocenters. The molecule has 7 heteroatoms. The van der Waals surface area contributed by atoms with Crippen LogP contribution in [0.2, 0.25) is 0 Å². The van der Waals surface area contributed by atoms with Gasteiger partial charge in [0.2, 0.25) is 5.91 Å². The number of hydrogen-bond acceptors (Lipinski definition) is 6. The van der Waals surface area contributed by atoms with E-state index >= 15 is 0 Å². The highest BCUT2D eigenvalue weighted by Gasteiger charge is 2.21. The Kier molecular flexibility index (Phi) is 6.41. The van der Waals surface area contributed by atoms with Crippen LogP contribution in [0.5, 0.6) is 0 Å². The van der Waals surface area contributed by atoms with Gasteiger partial charge >= 0.3 is 0 Å². The predicted octanol–water partition coefficient (Wildman–Crippen LogP) is 4.11. The summed E-state index contributed by atoms with van der Waals surface area (Å²) in [7, 11) is 2.01. The van der Waals surface area contributed by atoms with Gasteiger partial charge < -0.3 is 10.2 Å². The number of nitrogens with one attached hydrogen (secondary N) is 1. The number of fused-ring (bicyclic) bond motifs is 1. The van der Waals surface area contributed by atoms with Gasteiger partial charge in [-0.3, -0.25) is 4.79 Å². The van der Waals surface area contributed by atoms with Crippen LogP contribution >= 0.6 is 22.7 Å². The van der Waals surface area contributed by atoms with Crippen LogP contribution < -0.4 is 5.32 Å². The molecule has 0 unspecified atom stereocenters. The van der Waals surface area contributed by atoms with Gasteiger partial charge in [-0.05, 0) is 45.2 Å². The Hall–Kier alpha value is -1.75. The monoisotopic (exact) mass is 388 g/mol. The van der Waals surface area contributed by atoms with Gasteiger partial charge in [-0.15, -0.1) is 22.7 Å². The fourth-order valence-electron chi connectivity index (χ4n) is 3.25. The molecule has 3 rings (SSSR count). The number of thiazole rings is 1. The Balaban J connectivity index is 1.55. The normalized spacial score (nSPS) is 13.9. The van der Waals surface area contributed by atoms with Crippen molar-refractivity contribution in [2.24, 2.45) is 0 Å². The molecular weight excluding hydrogens is 364 g/mol. The quantitative estimate of drug-likeness (QED) is 0.756. The predicted molar refractivity (Wildman–Crippen MR) is 107 cm³/mol. The first kappa shape index (κ1) is 19.0. The molecule has 0 radical (unpaired) electrons. The number of nitrogens with zero attached hydrogens (tertiary/aromatic N) is 3. The van der Waals surface area contributed by atoms with Gasteiger partial charge in [-0.1, -0.05) is 6.42 Å². The summed E-state index contributed by atoms with van der Waals surface area (Å²) in [5.74, 6) is -0.0229. The van der Waals surface area contributed by atoms with E-state index in [1.807, 2.05) is 20.2 Å². The first-order chi connectivity index (χ1) is 12.6. The molecule has 0 aliphatic heterocycles. The fraction of sp³-hybridized carbons (Fsp3) is 0.526. The van der Waals surface area contributed by atoms with Crippen molar-refractivity contribution in [3.63, 3.8) is 0 Å². The second-order valence-corrected chi connectivity index (χ2v) is 9.19. The number of anilines is 1. The molecule has 0 saturated carbocycles. The van der Waals surface area contributed by atoms with Gasteiger partial charge in [-0.25, -0.2) is 4.98 Å². The largest absolute Gasteiger partial charge is 0.317 e. The number of aromatic nitrogens is 1. The maximum Gasteiger partial charge on any atom is 0.226 e. The van der Waals surface area contributed by atoms with E-state index in [1.54, 1.807) is 22.7 Å². The van der Waals surface area contributed by atoms with Crippen LogP contribution in [0.4, 0.5) is 5.00 Å². The fourth-order valence-corrected chi connectivity index (χ4v) is 5.39. The van der Waals surface area contributed by atoms with Crippen molar-refractivity contribution < 1.29 is 4.79 Å². The molecule has 2 aromatic rings. The van der Waals surface area contributed by atoms with Gasteiger partial charge in [0.05, 0.1) is 10.6 Å². The van der Waals surface area contributed by atoms with Gasteiger partial charge in [0, 0.05) is 35.5 Å². The number of hydrogen-bond donors (Lipinski definition) is 1. The van der Waals surface area contributed by atoms with Crippen molar-refractivity contribution in [1.29, 1.82) is 5.26 Å². The highest BCUT2D eigenvalue weighted by molar-refractivity contribution is 7.16. The summed E-state index contributed by atoms with van der Waals surface area (Å²) >= 11 is 3.28. The Morgan fingerprint density at radius 2 is 2.15 bits per heavy atom. The molecular formula is C19H24N4OS2. The minimum absolute atomic E-state index is 0.0229. The zero-order valence-electron chi connectivity index (χ0n) is 15.3. The zero-order valence-corrected chi connectivity index (χ0v) is 16.9. The Morgan fingerprint density at radius 1 is 1.35 bits per heavy atom. The lowest BCUT2D eigenvalue weighted by Crippen LogP contribution is -2.23. The number of carbonyl (C=O) groups excluding carboxylic acids is 1. The maximum atomic E-state index is 12.4. The van der Waals surface area contributed by atoms with E-state index in [0.717, 1.165) is 35.8 Å². The van der Waals surface area contributed by atoms with Gasteiger partial charge in [0.15, 0.2) is 0 Å². The van der Waals surface area contributed by atoms with Crippen LogP contribution in [0.1, 0.15) is 51.6 Å². The van der Waals surface area contributed by atoms with Gasteiger partial charge in [0.1, 0.15) is 11.1 Å². The molecule has 0 spiro atoms. The Morgan fingerprint density at radius 3 is 2.88 bits per heavy atom. The van der Waals surface area contributed by atoms with E-state index in [2.05, 4.69) is 21.3 Å². The molecule has 1 aliphatic rings. The lowest BCUT2D eigenvalue weighted by Gasteiger charge is -2.14. The molecule has 0 saturated heterocycles. The molecule has 2 aromatic heterocycles. The molecule has 26 heavy (non-hydrogen) atoms. The van der Waals surface area contributed by atoms with Gasteiger partial charge in [-0.2, -0.15) is 5.26 Å². The van der Waals surface area contributed by atoms with Crippen LogP contribution in [0, 0.1) is 18.3 Å². The lowest BCUT2D eigenvalue weighted by molar-refractivity contribution is -0.116. The van der Waals surface area contributed by atoms with E-state index in [0.29, 0.717) is 18.5 Å². The summed E-state index contributed by atoms with van der Waals surface area (Å²) in [4.78, 5) is 21.3. The third kappa shape index (κ3) is 4.70. The smallest absolute Gasteiger partial charge is 0.226 e. The SMILES string of the molecule is Cc1ncc(CN(C)CCC(=O)Nc2sc3c(c2C#N)CCCCC3)s1. The molecule has 0 aromatic carbocycles. The second kappa shape index (κ2) is 8.76. The lowest BCUT2D eigenvalue weighted by atomic mass is 10.1. The minimum atomic E-state index is -0.0229. The van der Waals surface area contributed by atoms with Crippen LogP contribution in [0.15, 0.2) is 6.20 Å². The van der Waals surface area contributed by atoms with E-state index in [1.165, 1.54) is 28.2 Å². The van der Waals surface area contributed by atoms with Crippen molar-refractivity contribution in [2.75, 3.05) is 18.9 Å². The summed E-state index contributed by atoms with van der Waals surface area (Å²) in [5, 5.41) is 14.3. The summed E-state index contributed by atoms with van der Waals surface area (Å²) in [5.41, 5.74) is 1.86. The first-order valence-electron chi connectivity index (χ1n) is 9.01. The second-order valence-electron chi connectivity index (χ2n) is 6.76. The molecule has 1 amide bonds. The summed E-state index contributed by atoms with van der Waals surface area (Å²) in [6.45, 7) is 3.47. The van der Waals surface area contributed by atoms with Crippen molar-refractivity contribution in [1.82, 2.24) is 9.88 Å². The summed E-state index contributed by atoms with van der Waals surface area (Å²) in [6.07, 6.45) is 7.83. The first-order valence-corrected chi connectivity index (χ1v) is 10.6. The number of nitriles is 1. The Bertz CT molecular complexity index is 818. The van der Waals surface area contributed by atoms with Crippen LogP contribution in [0.3, 0.4) is 0 Å². The molecule has 138 valence electrons. The van der Waals surface area contributed by atoms with Crippen molar-refractivity contribution >= 4 is 33.6 Å².